The molecule has 1 unspecified atom stereocenters. The number of ether oxygens (including phenoxy) is 5. The number of rotatable bonds is 11. The predicted molar refractivity (Wildman–Crippen MR) is 136 cm³/mol. The number of nitrogens with zero attached hydrogens (tertiary/aromatic N) is 1. The van der Waals surface area contributed by atoms with Crippen molar-refractivity contribution >= 4 is 17.4 Å². The summed E-state index contributed by atoms with van der Waals surface area (Å²) >= 11 is 0. The summed E-state index contributed by atoms with van der Waals surface area (Å²) in [7, 11) is 1.52. The summed E-state index contributed by atoms with van der Waals surface area (Å²) in [6, 6.07) is 9.41. The van der Waals surface area contributed by atoms with Gasteiger partial charge in [-0.15, -0.1) is 0 Å². The average Bonchev–Trinajstić information content (AvgIpc) is 3.17. The van der Waals surface area contributed by atoms with Crippen LogP contribution < -0.4 is 18.9 Å². The number of likely N-dealkylation sites (tertiary alicyclic amines) is 1. The number of ketones is 1. The molecule has 0 aliphatic carbocycles. The highest BCUT2D eigenvalue weighted by molar-refractivity contribution is 6.46. The minimum Gasteiger partial charge on any atom is -0.507 e. The van der Waals surface area contributed by atoms with Crippen LogP contribution in [0.2, 0.25) is 0 Å². The summed E-state index contributed by atoms with van der Waals surface area (Å²) in [5.41, 5.74) is 0.948. The van der Waals surface area contributed by atoms with E-state index in [4.69, 9.17) is 23.7 Å². The van der Waals surface area contributed by atoms with E-state index < -0.39 is 17.7 Å². The highest BCUT2D eigenvalue weighted by Crippen LogP contribution is 2.43. The molecule has 0 spiro atoms. The largest absolute Gasteiger partial charge is 0.507 e. The van der Waals surface area contributed by atoms with Crippen molar-refractivity contribution in [3.63, 3.8) is 0 Å². The third-order valence-electron chi connectivity index (χ3n) is 6.23. The molecule has 9 heteroatoms. The zero-order valence-corrected chi connectivity index (χ0v) is 21.5. The molecular formula is C28H33NO8. The number of aliphatic hydroxyl groups excluding tert-OH is 1. The number of amides is 1. The van der Waals surface area contributed by atoms with Gasteiger partial charge in [-0.1, -0.05) is 19.4 Å². The molecule has 198 valence electrons. The third-order valence-corrected chi connectivity index (χ3v) is 6.23. The topological polar surface area (TPSA) is 104 Å². The molecule has 2 aromatic rings. The first-order valence-corrected chi connectivity index (χ1v) is 12.6. The quantitative estimate of drug-likeness (QED) is 0.208. The first kappa shape index (κ1) is 26.3. The Hall–Kier alpha value is -3.72. The van der Waals surface area contributed by atoms with E-state index in [9.17, 15) is 14.7 Å². The van der Waals surface area contributed by atoms with Gasteiger partial charge in [-0.05, 0) is 49.2 Å². The normalized spacial score (nSPS) is 18.2. The monoisotopic (exact) mass is 511 g/mol. The smallest absolute Gasteiger partial charge is 0.295 e. The fourth-order valence-electron chi connectivity index (χ4n) is 4.40. The molecule has 2 aromatic carbocycles. The molecule has 0 radical (unpaired) electrons. The standard InChI is InChI=1S/C28H33NO8/c1-4-6-12-35-20-9-7-18(16-22(20)34-5-2)25-24(27(31)28(32)29(25)11-13-33-3)26(30)19-8-10-21-23(17-19)37-15-14-36-21/h7-10,16-17,25,30H,4-6,11-15H2,1-3H3. The van der Waals surface area contributed by atoms with Gasteiger partial charge in [0.1, 0.15) is 19.0 Å². The lowest BCUT2D eigenvalue weighted by atomic mass is 9.94. The Kier molecular flexibility index (Phi) is 8.55. The van der Waals surface area contributed by atoms with Crippen LogP contribution in [0.15, 0.2) is 42.0 Å². The van der Waals surface area contributed by atoms with E-state index in [-0.39, 0.29) is 24.5 Å². The predicted octanol–water partition coefficient (Wildman–Crippen LogP) is 4.10. The highest BCUT2D eigenvalue weighted by atomic mass is 16.6. The van der Waals surface area contributed by atoms with E-state index in [2.05, 4.69) is 6.92 Å². The Bertz CT molecular complexity index is 1170. The second-order valence-electron chi connectivity index (χ2n) is 8.68. The van der Waals surface area contributed by atoms with E-state index in [0.29, 0.717) is 60.6 Å². The number of carbonyl (C=O) groups excluding carboxylic acids is 2. The maximum Gasteiger partial charge on any atom is 0.295 e. The fourth-order valence-corrected chi connectivity index (χ4v) is 4.40. The Morgan fingerprint density at radius 1 is 1.00 bits per heavy atom. The van der Waals surface area contributed by atoms with Crippen LogP contribution in [-0.4, -0.2) is 68.4 Å². The summed E-state index contributed by atoms with van der Waals surface area (Å²) in [5, 5.41) is 11.4. The lowest BCUT2D eigenvalue weighted by molar-refractivity contribution is -0.140. The molecule has 1 atom stereocenters. The number of aliphatic hydroxyl groups is 1. The molecule has 0 bridgehead atoms. The van der Waals surface area contributed by atoms with Crippen molar-refractivity contribution < 1.29 is 38.4 Å². The Morgan fingerprint density at radius 2 is 1.78 bits per heavy atom. The van der Waals surface area contributed by atoms with E-state index in [0.717, 1.165) is 12.8 Å². The molecule has 1 fully saturated rings. The van der Waals surface area contributed by atoms with Crippen LogP contribution in [0.4, 0.5) is 0 Å². The Balaban J connectivity index is 1.80. The molecule has 37 heavy (non-hydrogen) atoms. The van der Waals surface area contributed by atoms with Crippen LogP contribution in [0.5, 0.6) is 23.0 Å². The summed E-state index contributed by atoms with van der Waals surface area (Å²) in [6.07, 6.45) is 1.90. The first-order chi connectivity index (χ1) is 18.0. The highest BCUT2D eigenvalue weighted by Gasteiger charge is 2.46. The lowest BCUT2D eigenvalue weighted by Gasteiger charge is -2.26. The van der Waals surface area contributed by atoms with Crippen molar-refractivity contribution in [2.75, 3.05) is 46.7 Å². The van der Waals surface area contributed by atoms with Crippen molar-refractivity contribution in [3.05, 3.63) is 53.1 Å². The van der Waals surface area contributed by atoms with Crippen molar-refractivity contribution in [2.24, 2.45) is 0 Å². The summed E-state index contributed by atoms with van der Waals surface area (Å²) in [5.74, 6) is 0.346. The number of unbranched alkanes of at least 4 members (excludes halogenated alkanes) is 1. The molecule has 1 saturated heterocycles. The van der Waals surface area contributed by atoms with Gasteiger partial charge >= 0.3 is 0 Å². The maximum absolute atomic E-state index is 13.3. The van der Waals surface area contributed by atoms with Gasteiger partial charge < -0.3 is 33.7 Å². The molecule has 9 nitrogen and oxygen atoms in total. The number of fused-ring (bicyclic) bond motifs is 1. The van der Waals surface area contributed by atoms with E-state index in [1.807, 2.05) is 6.92 Å². The molecule has 2 heterocycles. The fraction of sp³-hybridized carbons (Fsp3) is 0.429. The molecule has 2 aliphatic rings. The van der Waals surface area contributed by atoms with Crippen molar-refractivity contribution in [1.82, 2.24) is 4.90 Å². The van der Waals surface area contributed by atoms with Crippen LogP contribution in [0.25, 0.3) is 5.76 Å². The number of Topliss-reactive ketones (excluding diaryl/α,β-unsaturated/α-hetero) is 1. The molecule has 4 rings (SSSR count). The average molecular weight is 512 g/mol. The second kappa shape index (κ2) is 12.0. The van der Waals surface area contributed by atoms with Crippen molar-refractivity contribution in [3.8, 4) is 23.0 Å². The molecule has 1 amide bonds. The van der Waals surface area contributed by atoms with Crippen LogP contribution in [-0.2, 0) is 14.3 Å². The van der Waals surface area contributed by atoms with Crippen LogP contribution in [0.3, 0.4) is 0 Å². The van der Waals surface area contributed by atoms with E-state index in [1.54, 1.807) is 36.4 Å². The zero-order valence-electron chi connectivity index (χ0n) is 21.5. The van der Waals surface area contributed by atoms with Crippen LogP contribution >= 0.6 is 0 Å². The molecule has 1 N–H and O–H groups in total. The molecule has 0 aromatic heterocycles. The van der Waals surface area contributed by atoms with Crippen LogP contribution in [0.1, 0.15) is 43.9 Å². The number of methoxy groups -OCH3 is 1. The Labute approximate surface area is 216 Å². The molecule has 0 saturated carbocycles. The van der Waals surface area contributed by atoms with E-state index >= 15 is 0 Å². The van der Waals surface area contributed by atoms with Gasteiger partial charge in [-0.25, -0.2) is 0 Å². The van der Waals surface area contributed by atoms with Gasteiger partial charge in [-0.3, -0.25) is 9.59 Å². The van der Waals surface area contributed by atoms with E-state index in [1.165, 1.54) is 12.0 Å². The van der Waals surface area contributed by atoms with Crippen molar-refractivity contribution in [2.45, 2.75) is 32.7 Å². The number of carbonyl (C=O) groups is 2. The van der Waals surface area contributed by atoms with Gasteiger partial charge in [0.25, 0.3) is 11.7 Å². The molecular weight excluding hydrogens is 478 g/mol. The maximum atomic E-state index is 13.3. The number of hydrogen-bond acceptors (Lipinski definition) is 8. The van der Waals surface area contributed by atoms with Gasteiger partial charge in [0.05, 0.1) is 31.4 Å². The third kappa shape index (κ3) is 5.51. The zero-order chi connectivity index (χ0) is 26.4. The Morgan fingerprint density at radius 3 is 2.51 bits per heavy atom. The van der Waals surface area contributed by atoms with Gasteiger partial charge in [0, 0.05) is 19.2 Å². The minimum atomic E-state index is -0.841. The van der Waals surface area contributed by atoms with Crippen LogP contribution in [0, 0.1) is 0 Å². The first-order valence-electron chi connectivity index (χ1n) is 12.6. The van der Waals surface area contributed by atoms with Gasteiger partial charge in [-0.2, -0.15) is 0 Å². The summed E-state index contributed by atoms with van der Waals surface area (Å²) in [6.45, 7) is 6.12. The SMILES string of the molecule is CCCCOc1ccc(C2C(=C(O)c3ccc4c(c3)OCCO4)C(=O)C(=O)N2CCOC)cc1OCC. The molecule has 2 aliphatic heterocycles. The number of benzene rings is 2. The van der Waals surface area contributed by atoms with Gasteiger partial charge in [0.2, 0.25) is 0 Å². The minimum absolute atomic E-state index is 0.0140. The van der Waals surface area contributed by atoms with Crippen molar-refractivity contribution in [1.29, 1.82) is 0 Å². The number of hydrogen-bond donors (Lipinski definition) is 1. The van der Waals surface area contributed by atoms with Gasteiger partial charge in [0.15, 0.2) is 23.0 Å². The summed E-state index contributed by atoms with van der Waals surface area (Å²) in [4.78, 5) is 27.8. The lowest BCUT2D eigenvalue weighted by Crippen LogP contribution is -2.32. The second-order valence-corrected chi connectivity index (χ2v) is 8.68. The summed E-state index contributed by atoms with van der Waals surface area (Å²) < 4.78 is 28.1.